The number of aromatic nitrogens is 5. The van der Waals surface area contributed by atoms with E-state index in [1.165, 1.54) is 12.8 Å². The number of benzene rings is 1. The monoisotopic (exact) mass is 336 g/mol. The van der Waals surface area contributed by atoms with Crippen molar-refractivity contribution in [3.63, 3.8) is 0 Å². The fourth-order valence-electron chi connectivity index (χ4n) is 3.48. The van der Waals surface area contributed by atoms with E-state index in [2.05, 4.69) is 25.3 Å². The molecule has 3 N–H and O–H groups in total. The average Bonchev–Trinajstić information content (AvgIpc) is 3.07. The van der Waals surface area contributed by atoms with Gasteiger partial charge in [-0.05, 0) is 37.8 Å². The van der Waals surface area contributed by atoms with Crippen molar-refractivity contribution >= 4 is 0 Å². The summed E-state index contributed by atoms with van der Waals surface area (Å²) in [7, 11) is 0. The van der Waals surface area contributed by atoms with Gasteiger partial charge in [0.2, 0.25) is 0 Å². The van der Waals surface area contributed by atoms with Crippen molar-refractivity contribution < 1.29 is 4.52 Å². The second-order valence-electron chi connectivity index (χ2n) is 7.18. The van der Waals surface area contributed by atoms with Crippen LogP contribution in [0, 0.1) is 0 Å². The maximum absolute atomic E-state index is 6.40. The highest BCUT2D eigenvalue weighted by atomic mass is 16.5. The van der Waals surface area contributed by atoms with Crippen LogP contribution in [0.5, 0.6) is 0 Å². The molecule has 2 heterocycles. The molecule has 7 heteroatoms. The number of rotatable bonds is 4. The zero-order valence-electron chi connectivity index (χ0n) is 13.9. The Labute approximate surface area is 145 Å². The molecule has 0 atom stereocenters. The van der Waals surface area contributed by atoms with Crippen molar-refractivity contribution in [3.05, 3.63) is 35.9 Å². The molecule has 2 aliphatic carbocycles. The Hall–Kier alpha value is -2.54. The molecule has 2 aromatic heterocycles. The lowest BCUT2D eigenvalue weighted by atomic mass is 9.99. The van der Waals surface area contributed by atoms with Crippen molar-refractivity contribution in [2.24, 2.45) is 5.73 Å². The number of nitrogens with one attached hydrogen (secondary N) is 1. The van der Waals surface area contributed by atoms with Gasteiger partial charge >= 0.3 is 0 Å². The molecule has 2 saturated carbocycles. The molecule has 0 radical (unpaired) electrons. The van der Waals surface area contributed by atoms with Gasteiger partial charge in [-0.25, -0.2) is 4.98 Å². The van der Waals surface area contributed by atoms with Crippen molar-refractivity contribution in [1.29, 1.82) is 0 Å². The highest BCUT2D eigenvalue weighted by Crippen LogP contribution is 2.38. The molecule has 0 unspecified atom stereocenters. The third-order valence-electron chi connectivity index (χ3n) is 5.22. The minimum atomic E-state index is -0.431. The van der Waals surface area contributed by atoms with Gasteiger partial charge in [0.25, 0.3) is 5.89 Å². The fourth-order valence-corrected chi connectivity index (χ4v) is 3.48. The van der Waals surface area contributed by atoms with Gasteiger partial charge in [-0.3, -0.25) is 5.10 Å². The number of nitrogens with zero attached hydrogens (tertiary/aromatic N) is 4. The van der Waals surface area contributed by atoms with E-state index in [1.54, 1.807) is 0 Å². The Bertz CT molecular complexity index is 886. The second-order valence-corrected chi connectivity index (χ2v) is 7.18. The molecule has 2 fully saturated rings. The third kappa shape index (κ3) is 2.64. The van der Waals surface area contributed by atoms with E-state index in [9.17, 15) is 0 Å². The van der Waals surface area contributed by atoms with Gasteiger partial charge in [-0.2, -0.15) is 10.1 Å². The van der Waals surface area contributed by atoms with Gasteiger partial charge in [0.1, 0.15) is 5.82 Å². The van der Waals surface area contributed by atoms with Gasteiger partial charge in [0.05, 0.1) is 5.54 Å². The highest BCUT2D eigenvalue weighted by Gasteiger charge is 2.36. The number of hydrogen-bond acceptors (Lipinski definition) is 6. The summed E-state index contributed by atoms with van der Waals surface area (Å²) in [4.78, 5) is 9.11. The Morgan fingerprint density at radius 2 is 1.76 bits per heavy atom. The molecule has 2 aliphatic rings. The maximum Gasteiger partial charge on any atom is 0.257 e. The van der Waals surface area contributed by atoms with Crippen molar-refractivity contribution in [2.75, 3.05) is 0 Å². The Morgan fingerprint density at radius 1 is 1.04 bits per heavy atom. The van der Waals surface area contributed by atoms with E-state index in [-0.39, 0.29) is 0 Å². The van der Waals surface area contributed by atoms with E-state index in [1.807, 2.05) is 24.3 Å². The topological polar surface area (TPSA) is 107 Å². The molecular formula is C18H20N6O. The smallest absolute Gasteiger partial charge is 0.257 e. The van der Waals surface area contributed by atoms with Crippen LogP contribution in [0.3, 0.4) is 0 Å². The molecule has 0 bridgehead atoms. The van der Waals surface area contributed by atoms with E-state index in [4.69, 9.17) is 10.3 Å². The molecule has 7 nitrogen and oxygen atoms in total. The molecule has 5 rings (SSSR count). The molecule has 3 aromatic rings. The summed E-state index contributed by atoms with van der Waals surface area (Å²) in [6.07, 6.45) is 6.48. The van der Waals surface area contributed by atoms with Gasteiger partial charge in [0, 0.05) is 17.0 Å². The molecule has 25 heavy (non-hydrogen) atoms. The summed E-state index contributed by atoms with van der Waals surface area (Å²) >= 11 is 0. The predicted molar refractivity (Wildman–Crippen MR) is 91.4 cm³/mol. The first-order chi connectivity index (χ1) is 12.2. The molecule has 128 valence electrons. The SMILES string of the molecule is NC1(c2noc(-c3ccc(-c4n[nH]c(C5CC5)n4)cc3)n2)CCCC1. The van der Waals surface area contributed by atoms with E-state index >= 15 is 0 Å². The average molecular weight is 336 g/mol. The zero-order valence-corrected chi connectivity index (χ0v) is 13.9. The van der Waals surface area contributed by atoms with Crippen LogP contribution in [0.4, 0.5) is 0 Å². The second kappa shape index (κ2) is 5.49. The Morgan fingerprint density at radius 3 is 2.48 bits per heavy atom. The van der Waals surface area contributed by atoms with Crippen LogP contribution >= 0.6 is 0 Å². The summed E-state index contributed by atoms with van der Waals surface area (Å²) in [5.74, 6) is 3.41. The first kappa shape index (κ1) is 14.8. The first-order valence-corrected chi connectivity index (χ1v) is 8.87. The van der Waals surface area contributed by atoms with Crippen molar-refractivity contribution in [1.82, 2.24) is 25.3 Å². The van der Waals surface area contributed by atoms with E-state index in [0.29, 0.717) is 17.6 Å². The lowest BCUT2D eigenvalue weighted by Crippen LogP contribution is -2.34. The van der Waals surface area contributed by atoms with Crippen molar-refractivity contribution in [3.8, 4) is 22.8 Å². The summed E-state index contributed by atoms with van der Waals surface area (Å²) in [6.45, 7) is 0. The van der Waals surface area contributed by atoms with Crippen molar-refractivity contribution in [2.45, 2.75) is 50.0 Å². The zero-order chi connectivity index (χ0) is 16.9. The quantitative estimate of drug-likeness (QED) is 0.758. The van der Waals surface area contributed by atoms with Crippen LogP contribution in [0.2, 0.25) is 0 Å². The molecular weight excluding hydrogens is 316 g/mol. The summed E-state index contributed by atoms with van der Waals surface area (Å²) in [5, 5.41) is 11.5. The molecule has 0 saturated heterocycles. The van der Waals surface area contributed by atoms with Gasteiger partial charge in [-0.1, -0.05) is 30.1 Å². The van der Waals surface area contributed by atoms with Crippen LogP contribution in [-0.4, -0.2) is 25.3 Å². The largest absolute Gasteiger partial charge is 0.334 e. The van der Waals surface area contributed by atoms with Crippen LogP contribution in [-0.2, 0) is 5.54 Å². The van der Waals surface area contributed by atoms with E-state index in [0.717, 1.165) is 48.5 Å². The Kier molecular flexibility index (Phi) is 3.24. The Balaban J connectivity index is 1.38. The lowest BCUT2D eigenvalue weighted by molar-refractivity contribution is 0.372. The first-order valence-electron chi connectivity index (χ1n) is 8.87. The predicted octanol–water partition coefficient (Wildman–Crippen LogP) is 3.13. The summed E-state index contributed by atoms with van der Waals surface area (Å²) < 4.78 is 5.44. The summed E-state index contributed by atoms with van der Waals surface area (Å²) in [6, 6.07) is 7.87. The number of H-pyrrole nitrogens is 1. The minimum Gasteiger partial charge on any atom is -0.334 e. The minimum absolute atomic E-state index is 0.431. The lowest BCUT2D eigenvalue weighted by Gasteiger charge is -2.17. The standard InChI is InChI=1S/C18H20N6O/c19-18(9-1-2-10-18)17-21-16(25-24-17)13-7-5-12(6-8-13)15-20-14(22-23-15)11-3-4-11/h5-8,11H,1-4,9-10,19H2,(H,20,22,23). The van der Waals surface area contributed by atoms with Crippen LogP contribution in [0.25, 0.3) is 22.8 Å². The number of hydrogen-bond donors (Lipinski definition) is 2. The van der Waals surface area contributed by atoms with Crippen LogP contribution in [0.1, 0.15) is 56.1 Å². The van der Waals surface area contributed by atoms with Crippen LogP contribution < -0.4 is 5.73 Å². The summed E-state index contributed by atoms with van der Waals surface area (Å²) in [5.41, 5.74) is 7.81. The molecule has 0 aliphatic heterocycles. The maximum atomic E-state index is 6.40. The number of aromatic amines is 1. The highest BCUT2D eigenvalue weighted by molar-refractivity contribution is 5.62. The van der Waals surface area contributed by atoms with Crippen LogP contribution in [0.15, 0.2) is 28.8 Å². The number of nitrogens with two attached hydrogens (primary N) is 1. The third-order valence-corrected chi connectivity index (χ3v) is 5.22. The van der Waals surface area contributed by atoms with Gasteiger partial charge in [-0.15, -0.1) is 0 Å². The van der Waals surface area contributed by atoms with E-state index < -0.39 is 5.54 Å². The molecule has 0 amide bonds. The fraction of sp³-hybridized carbons (Fsp3) is 0.444. The van der Waals surface area contributed by atoms with Gasteiger partial charge in [0.15, 0.2) is 11.6 Å². The molecule has 1 aromatic carbocycles. The van der Waals surface area contributed by atoms with Gasteiger partial charge < -0.3 is 10.3 Å². The normalized spacial score (nSPS) is 19.4. The molecule has 0 spiro atoms.